The standard InChI is InChI=1S/C12H19NO5/c1-6(2)18-10-5-8(12(16)17)4-9(15)11(10)13-7(3)14/h5-6,9-11,15H,4H2,1-3H3,(H,13,14)(H,16,17)/t9?,10-,11-/m1/s1. The monoisotopic (exact) mass is 257 g/mol. The van der Waals surface area contributed by atoms with Crippen LogP contribution in [0.1, 0.15) is 27.2 Å². The summed E-state index contributed by atoms with van der Waals surface area (Å²) >= 11 is 0. The molecule has 0 saturated heterocycles. The summed E-state index contributed by atoms with van der Waals surface area (Å²) in [5.74, 6) is -1.36. The summed E-state index contributed by atoms with van der Waals surface area (Å²) in [6.07, 6.45) is -0.284. The van der Waals surface area contributed by atoms with E-state index in [1.807, 2.05) is 0 Å². The van der Waals surface area contributed by atoms with Crippen LogP contribution < -0.4 is 5.32 Å². The van der Waals surface area contributed by atoms with Gasteiger partial charge in [0.1, 0.15) is 0 Å². The molecule has 0 radical (unpaired) electrons. The molecule has 6 nitrogen and oxygen atoms in total. The highest BCUT2D eigenvalue weighted by Crippen LogP contribution is 2.23. The van der Waals surface area contributed by atoms with Gasteiger partial charge in [0.15, 0.2) is 0 Å². The number of carboxylic acid groups (broad SMARTS) is 1. The zero-order chi connectivity index (χ0) is 13.9. The Morgan fingerprint density at radius 2 is 2.11 bits per heavy atom. The van der Waals surface area contributed by atoms with Crippen LogP contribution >= 0.6 is 0 Å². The van der Waals surface area contributed by atoms with E-state index in [9.17, 15) is 14.7 Å². The molecule has 0 fully saturated rings. The summed E-state index contributed by atoms with van der Waals surface area (Å²) in [5, 5.41) is 21.5. The highest BCUT2D eigenvalue weighted by Gasteiger charge is 2.35. The number of aliphatic hydroxyl groups excluding tert-OH is 1. The number of carbonyl (C=O) groups is 2. The molecule has 102 valence electrons. The molecule has 1 amide bonds. The molecule has 1 rings (SSSR count). The van der Waals surface area contributed by atoms with Crippen LogP contribution in [-0.2, 0) is 14.3 Å². The van der Waals surface area contributed by atoms with Gasteiger partial charge in [0.2, 0.25) is 5.91 Å². The SMILES string of the molecule is CC(=O)N[C@@H]1C(O)CC(C(=O)O)=C[C@H]1OC(C)C. The summed E-state index contributed by atoms with van der Waals surface area (Å²) in [4.78, 5) is 22.0. The molecule has 0 bridgehead atoms. The fraction of sp³-hybridized carbons (Fsp3) is 0.667. The average molecular weight is 257 g/mol. The number of hydrogen-bond donors (Lipinski definition) is 3. The van der Waals surface area contributed by atoms with E-state index in [0.29, 0.717) is 0 Å². The Bertz CT molecular complexity index is 363. The number of ether oxygens (including phenoxy) is 1. The van der Waals surface area contributed by atoms with Crippen LogP contribution in [0.15, 0.2) is 11.6 Å². The van der Waals surface area contributed by atoms with E-state index in [2.05, 4.69) is 5.32 Å². The molecule has 0 heterocycles. The molecule has 1 unspecified atom stereocenters. The maximum atomic E-state index is 11.1. The van der Waals surface area contributed by atoms with Crippen LogP contribution in [-0.4, -0.2) is 46.4 Å². The topological polar surface area (TPSA) is 95.9 Å². The number of nitrogens with one attached hydrogen (secondary N) is 1. The van der Waals surface area contributed by atoms with E-state index in [4.69, 9.17) is 9.84 Å². The lowest BCUT2D eigenvalue weighted by Gasteiger charge is -2.34. The second-order valence-electron chi connectivity index (χ2n) is 4.64. The summed E-state index contributed by atoms with van der Waals surface area (Å²) < 4.78 is 5.54. The molecule has 18 heavy (non-hydrogen) atoms. The number of carboxylic acids is 1. The predicted octanol–water partition coefficient (Wildman–Crippen LogP) is 0.0603. The first-order chi connectivity index (χ1) is 8.31. The highest BCUT2D eigenvalue weighted by molar-refractivity contribution is 5.87. The maximum Gasteiger partial charge on any atom is 0.331 e. The highest BCUT2D eigenvalue weighted by atomic mass is 16.5. The second kappa shape index (κ2) is 5.97. The van der Waals surface area contributed by atoms with Gasteiger partial charge < -0.3 is 20.3 Å². The van der Waals surface area contributed by atoms with Crippen molar-refractivity contribution in [1.29, 1.82) is 0 Å². The van der Waals surface area contributed by atoms with E-state index >= 15 is 0 Å². The first kappa shape index (κ1) is 14.7. The predicted molar refractivity (Wildman–Crippen MR) is 64.0 cm³/mol. The number of carbonyl (C=O) groups excluding carboxylic acids is 1. The summed E-state index contributed by atoms with van der Waals surface area (Å²) in [5.41, 5.74) is 0.106. The first-order valence-corrected chi connectivity index (χ1v) is 5.86. The largest absolute Gasteiger partial charge is 0.478 e. The van der Waals surface area contributed by atoms with E-state index in [0.717, 1.165) is 0 Å². The molecule has 0 aromatic heterocycles. The van der Waals surface area contributed by atoms with Gasteiger partial charge in [0.25, 0.3) is 0 Å². The molecule has 3 atom stereocenters. The van der Waals surface area contributed by atoms with Crippen molar-refractivity contribution in [2.24, 2.45) is 0 Å². The van der Waals surface area contributed by atoms with Gasteiger partial charge in [-0.1, -0.05) is 0 Å². The van der Waals surface area contributed by atoms with Crippen LogP contribution in [0, 0.1) is 0 Å². The number of amides is 1. The minimum atomic E-state index is -1.08. The van der Waals surface area contributed by atoms with E-state index in [-0.39, 0.29) is 24.0 Å². The molecular formula is C12H19NO5. The van der Waals surface area contributed by atoms with Crippen molar-refractivity contribution in [2.45, 2.75) is 51.5 Å². The fourth-order valence-electron chi connectivity index (χ4n) is 1.95. The van der Waals surface area contributed by atoms with Gasteiger partial charge in [0.05, 0.1) is 24.4 Å². The molecule has 0 saturated carbocycles. The summed E-state index contributed by atoms with van der Waals surface area (Å²) in [7, 11) is 0. The Labute approximate surface area is 106 Å². The average Bonchev–Trinajstić information content (AvgIpc) is 2.21. The molecule has 0 aromatic rings. The van der Waals surface area contributed by atoms with Gasteiger partial charge in [-0.2, -0.15) is 0 Å². The van der Waals surface area contributed by atoms with Crippen LogP contribution in [0.25, 0.3) is 0 Å². The van der Waals surface area contributed by atoms with Crippen molar-refractivity contribution < 1.29 is 24.5 Å². The van der Waals surface area contributed by atoms with Gasteiger partial charge in [-0.25, -0.2) is 4.79 Å². The minimum Gasteiger partial charge on any atom is -0.478 e. The van der Waals surface area contributed by atoms with Gasteiger partial charge in [-0.3, -0.25) is 4.79 Å². The quantitative estimate of drug-likeness (QED) is 0.662. The van der Waals surface area contributed by atoms with Gasteiger partial charge in [0, 0.05) is 18.9 Å². The fourth-order valence-corrected chi connectivity index (χ4v) is 1.95. The van der Waals surface area contributed by atoms with Crippen LogP contribution in [0.3, 0.4) is 0 Å². The first-order valence-electron chi connectivity index (χ1n) is 5.86. The van der Waals surface area contributed by atoms with Crippen molar-refractivity contribution >= 4 is 11.9 Å². The van der Waals surface area contributed by atoms with E-state index in [1.54, 1.807) is 13.8 Å². The molecule has 0 spiro atoms. The van der Waals surface area contributed by atoms with Crippen molar-refractivity contribution in [3.8, 4) is 0 Å². The van der Waals surface area contributed by atoms with Gasteiger partial charge in [-0.05, 0) is 19.9 Å². The third kappa shape index (κ3) is 3.82. The number of aliphatic hydroxyl groups is 1. The Balaban J connectivity index is 2.94. The summed E-state index contributed by atoms with van der Waals surface area (Å²) in [6.45, 7) is 4.95. The molecule has 6 heteroatoms. The number of hydrogen-bond acceptors (Lipinski definition) is 4. The maximum absolute atomic E-state index is 11.1. The Morgan fingerprint density at radius 1 is 1.50 bits per heavy atom. The molecule has 0 aliphatic heterocycles. The normalized spacial score (nSPS) is 27.8. The van der Waals surface area contributed by atoms with Crippen LogP contribution in [0.4, 0.5) is 0 Å². The van der Waals surface area contributed by atoms with Gasteiger partial charge >= 0.3 is 5.97 Å². The minimum absolute atomic E-state index is 0.00175. The third-order valence-electron chi connectivity index (χ3n) is 2.64. The van der Waals surface area contributed by atoms with Crippen molar-refractivity contribution in [2.75, 3.05) is 0 Å². The summed E-state index contributed by atoms with van der Waals surface area (Å²) in [6, 6.07) is -0.618. The Hall–Kier alpha value is -1.40. The lowest BCUT2D eigenvalue weighted by molar-refractivity contribution is -0.133. The molecule has 0 aromatic carbocycles. The van der Waals surface area contributed by atoms with Crippen molar-refractivity contribution in [1.82, 2.24) is 5.32 Å². The molecule has 1 aliphatic rings. The van der Waals surface area contributed by atoms with Crippen molar-refractivity contribution in [3.05, 3.63) is 11.6 Å². The Morgan fingerprint density at radius 3 is 2.56 bits per heavy atom. The molecule has 1 aliphatic carbocycles. The third-order valence-corrected chi connectivity index (χ3v) is 2.64. The van der Waals surface area contributed by atoms with E-state index < -0.39 is 24.2 Å². The lowest BCUT2D eigenvalue weighted by Crippen LogP contribution is -2.53. The Kier molecular flexibility index (Phi) is 4.86. The lowest BCUT2D eigenvalue weighted by atomic mass is 9.90. The van der Waals surface area contributed by atoms with Crippen molar-refractivity contribution in [3.63, 3.8) is 0 Å². The number of rotatable bonds is 4. The zero-order valence-electron chi connectivity index (χ0n) is 10.7. The second-order valence-corrected chi connectivity index (χ2v) is 4.64. The van der Waals surface area contributed by atoms with E-state index in [1.165, 1.54) is 13.0 Å². The zero-order valence-corrected chi connectivity index (χ0v) is 10.7. The number of aliphatic carboxylic acids is 1. The molecule has 3 N–H and O–H groups in total. The van der Waals surface area contributed by atoms with Crippen LogP contribution in [0.5, 0.6) is 0 Å². The van der Waals surface area contributed by atoms with Gasteiger partial charge in [-0.15, -0.1) is 0 Å². The smallest absolute Gasteiger partial charge is 0.331 e. The van der Waals surface area contributed by atoms with Crippen LogP contribution in [0.2, 0.25) is 0 Å². The molecular weight excluding hydrogens is 238 g/mol.